The highest BCUT2D eigenvalue weighted by Gasteiger charge is 2.51. The molecule has 0 aromatic rings. The molecule has 0 amide bonds. The highest BCUT2D eigenvalue weighted by atomic mass is 16.5. The predicted molar refractivity (Wildman–Crippen MR) is 49.0 cm³/mol. The number of methoxy groups -OCH3 is 1. The molecular weight excluding hydrogens is 152 g/mol. The van der Waals surface area contributed by atoms with Crippen molar-refractivity contribution in [3.8, 4) is 0 Å². The van der Waals surface area contributed by atoms with Gasteiger partial charge in [0, 0.05) is 7.11 Å². The minimum absolute atomic E-state index is 0.0792. The van der Waals surface area contributed by atoms with Crippen molar-refractivity contribution in [2.75, 3.05) is 13.7 Å². The summed E-state index contributed by atoms with van der Waals surface area (Å²) in [7, 11) is 1.65. The van der Waals surface area contributed by atoms with E-state index < -0.39 is 5.60 Å². The van der Waals surface area contributed by atoms with Gasteiger partial charge in [0.05, 0.1) is 12.2 Å². The first-order chi connectivity index (χ1) is 5.42. The molecule has 1 fully saturated rings. The SMILES string of the molecule is COCC(O)(C1CC1)C(C)(C)C. The molecule has 0 aromatic carbocycles. The maximum Gasteiger partial charge on any atom is 0.0955 e. The Hall–Kier alpha value is -0.0800. The zero-order chi connectivity index (χ0) is 9.41. The van der Waals surface area contributed by atoms with E-state index in [0.29, 0.717) is 12.5 Å². The Balaban J connectivity index is 2.70. The van der Waals surface area contributed by atoms with Crippen molar-refractivity contribution in [2.24, 2.45) is 11.3 Å². The van der Waals surface area contributed by atoms with Crippen molar-refractivity contribution in [2.45, 2.75) is 39.2 Å². The van der Waals surface area contributed by atoms with E-state index in [-0.39, 0.29) is 5.41 Å². The highest BCUT2D eigenvalue weighted by Crippen LogP contribution is 2.48. The molecule has 1 rings (SSSR count). The van der Waals surface area contributed by atoms with Gasteiger partial charge in [-0.25, -0.2) is 0 Å². The molecule has 0 saturated heterocycles. The van der Waals surface area contributed by atoms with Crippen LogP contribution in [0.3, 0.4) is 0 Å². The number of ether oxygens (including phenoxy) is 1. The van der Waals surface area contributed by atoms with Crippen LogP contribution in [0.4, 0.5) is 0 Å². The van der Waals surface area contributed by atoms with Crippen molar-refractivity contribution >= 4 is 0 Å². The molecule has 1 aliphatic rings. The van der Waals surface area contributed by atoms with Gasteiger partial charge < -0.3 is 9.84 Å². The summed E-state index contributed by atoms with van der Waals surface area (Å²) < 4.78 is 5.08. The molecule has 2 nitrogen and oxygen atoms in total. The van der Waals surface area contributed by atoms with Gasteiger partial charge in [-0.3, -0.25) is 0 Å². The minimum Gasteiger partial charge on any atom is -0.387 e. The van der Waals surface area contributed by atoms with E-state index in [0.717, 1.165) is 12.8 Å². The third-order valence-electron chi connectivity index (χ3n) is 2.92. The molecule has 1 atom stereocenters. The monoisotopic (exact) mass is 172 g/mol. The fourth-order valence-electron chi connectivity index (χ4n) is 1.73. The van der Waals surface area contributed by atoms with E-state index >= 15 is 0 Å². The second-order valence-electron chi connectivity index (χ2n) is 4.88. The Bertz CT molecular complexity index is 156. The van der Waals surface area contributed by atoms with Crippen LogP contribution in [0.5, 0.6) is 0 Å². The summed E-state index contributed by atoms with van der Waals surface area (Å²) in [5.74, 6) is 0.456. The van der Waals surface area contributed by atoms with E-state index in [1.54, 1.807) is 7.11 Å². The Morgan fingerprint density at radius 2 is 1.83 bits per heavy atom. The lowest BCUT2D eigenvalue weighted by Crippen LogP contribution is -2.48. The first kappa shape index (κ1) is 10.0. The first-order valence-electron chi connectivity index (χ1n) is 4.63. The van der Waals surface area contributed by atoms with Crippen LogP contribution in [0, 0.1) is 11.3 Å². The molecular formula is C10H20O2. The summed E-state index contributed by atoms with van der Waals surface area (Å²) in [6.07, 6.45) is 2.30. The zero-order valence-corrected chi connectivity index (χ0v) is 8.55. The van der Waals surface area contributed by atoms with E-state index in [1.165, 1.54) is 0 Å². The van der Waals surface area contributed by atoms with E-state index in [2.05, 4.69) is 20.8 Å². The van der Waals surface area contributed by atoms with E-state index in [4.69, 9.17) is 4.74 Å². The number of aliphatic hydroxyl groups is 1. The summed E-state index contributed by atoms with van der Waals surface area (Å²) >= 11 is 0. The molecule has 12 heavy (non-hydrogen) atoms. The van der Waals surface area contributed by atoms with Crippen LogP contribution < -0.4 is 0 Å². The van der Waals surface area contributed by atoms with Crippen LogP contribution >= 0.6 is 0 Å². The van der Waals surface area contributed by atoms with Crippen LogP contribution in [-0.2, 0) is 4.74 Å². The molecule has 0 radical (unpaired) electrons. The lowest BCUT2D eigenvalue weighted by molar-refractivity contribution is -0.120. The summed E-state index contributed by atoms with van der Waals surface area (Å²) in [4.78, 5) is 0. The second kappa shape index (κ2) is 3.00. The van der Waals surface area contributed by atoms with Gasteiger partial charge in [0.15, 0.2) is 0 Å². The molecule has 1 saturated carbocycles. The molecule has 1 N–H and O–H groups in total. The largest absolute Gasteiger partial charge is 0.387 e. The third-order valence-corrected chi connectivity index (χ3v) is 2.92. The third kappa shape index (κ3) is 1.64. The van der Waals surface area contributed by atoms with Crippen LogP contribution in [0.2, 0.25) is 0 Å². The Labute approximate surface area is 74.9 Å². The van der Waals surface area contributed by atoms with Gasteiger partial charge in [0.25, 0.3) is 0 Å². The van der Waals surface area contributed by atoms with Crippen molar-refractivity contribution < 1.29 is 9.84 Å². The van der Waals surface area contributed by atoms with Gasteiger partial charge in [0.1, 0.15) is 0 Å². The van der Waals surface area contributed by atoms with Crippen molar-refractivity contribution in [1.29, 1.82) is 0 Å². The van der Waals surface area contributed by atoms with Crippen LogP contribution in [-0.4, -0.2) is 24.4 Å². The van der Waals surface area contributed by atoms with Crippen molar-refractivity contribution in [3.05, 3.63) is 0 Å². The van der Waals surface area contributed by atoms with Gasteiger partial charge in [-0.05, 0) is 24.2 Å². The number of hydrogen-bond donors (Lipinski definition) is 1. The standard InChI is InChI=1S/C10H20O2/c1-9(2,3)10(11,7-12-4)8-5-6-8/h8,11H,5-7H2,1-4H3. The highest BCUT2D eigenvalue weighted by molar-refractivity contribution is 5.01. The second-order valence-corrected chi connectivity index (χ2v) is 4.88. The normalized spacial score (nSPS) is 23.8. The lowest BCUT2D eigenvalue weighted by atomic mass is 9.74. The van der Waals surface area contributed by atoms with Crippen LogP contribution in [0.15, 0.2) is 0 Å². The fraction of sp³-hybridized carbons (Fsp3) is 1.00. The van der Waals surface area contributed by atoms with Crippen molar-refractivity contribution in [3.63, 3.8) is 0 Å². The quantitative estimate of drug-likeness (QED) is 0.703. The molecule has 0 bridgehead atoms. The smallest absolute Gasteiger partial charge is 0.0955 e. The number of rotatable bonds is 3. The van der Waals surface area contributed by atoms with Gasteiger partial charge in [0.2, 0.25) is 0 Å². The van der Waals surface area contributed by atoms with Crippen molar-refractivity contribution in [1.82, 2.24) is 0 Å². The zero-order valence-electron chi connectivity index (χ0n) is 8.55. The molecule has 0 heterocycles. The Morgan fingerprint density at radius 3 is 2.08 bits per heavy atom. The number of hydrogen-bond acceptors (Lipinski definition) is 2. The van der Waals surface area contributed by atoms with Crippen LogP contribution in [0.1, 0.15) is 33.6 Å². The van der Waals surface area contributed by atoms with E-state index in [9.17, 15) is 5.11 Å². The minimum atomic E-state index is -0.623. The lowest BCUT2D eigenvalue weighted by Gasteiger charge is -2.40. The van der Waals surface area contributed by atoms with Crippen LogP contribution in [0.25, 0.3) is 0 Å². The summed E-state index contributed by atoms with van der Waals surface area (Å²) in [6, 6.07) is 0. The molecule has 0 aliphatic heterocycles. The molecule has 0 spiro atoms. The van der Waals surface area contributed by atoms with Gasteiger partial charge in [-0.15, -0.1) is 0 Å². The fourth-order valence-corrected chi connectivity index (χ4v) is 1.73. The first-order valence-corrected chi connectivity index (χ1v) is 4.63. The van der Waals surface area contributed by atoms with Gasteiger partial charge in [-0.1, -0.05) is 20.8 Å². The molecule has 72 valence electrons. The predicted octanol–water partition coefficient (Wildman–Crippen LogP) is 1.82. The summed E-state index contributed by atoms with van der Waals surface area (Å²) in [5.41, 5.74) is -0.702. The maximum atomic E-state index is 10.4. The molecule has 2 heteroatoms. The Morgan fingerprint density at radius 1 is 1.33 bits per heavy atom. The maximum absolute atomic E-state index is 10.4. The summed E-state index contributed by atoms with van der Waals surface area (Å²) in [6.45, 7) is 6.68. The van der Waals surface area contributed by atoms with E-state index in [1.807, 2.05) is 0 Å². The topological polar surface area (TPSA) is 29.5 Å². The van der Waals surface area contributed by atoms with Gasteiger partial charge >= 0.3 is 0 Å². The molecule has 0 aromatic heterocycles. The molecule has 1 aliphatic carbocycles. The average molecular weight is 172 g/mol. The summed E-state index contributed by atoms with van der Waals surface area (Å²) in [5, 5.41) is 10.4. The average Bonchev–Trinajstić information content (AvgIpc) is 2.65. The Kier molecular flexibility index (Phi) is 2.50. The van der Waals surface area contributed by atoms with Gasteiger partial charge in [-0.2, -0.15) is 0 Å². The molecule has 1 unspecified atom stereocenters.